The van der Waals surface area contributed by atoms with E-state index in [2.05, 4.69) is 41.5 Å². The van der Waals surface area contributed by atoms with Crippen molar-refractivity contribution in [2.45, 2.75) is 54.4 Å². The monoisotopic (exact) mass is 207 g/mol. The number of nitrogens with zero attached hydrogens (tertiary/aromatic N) is 1. The summed E-state index contributed by atoms with van der Waals surface area (Å²) in [6, 6.07) is 0. The lowest BCUT2D eigenvalue weighted by Gasteiger charge is -2.20. The van der Waals surface area contributed by atoms with E-state index >= 15 is 0 Å². The largest absolute Gasteiger partial charge is 0.261 e. The second-order valence-corrected chi connectivity index (χ2v) is 5.06. The molecule has 0 aromatic heterocycles. The topological polar surface area (TPSA) is 12.4 Å². The van der Waals surface area contributed by atoms with Crippen LogP contribution in [0.1, 0.15) is 54.4 Å². The first-order valence-electron chi connectivity index (χ1n) is 6.34. The zero-order valence-electron chi connectivity index (χ0n) is 11.1. The Morgan fingerprint density at radius 3 is 2.00 bits per heavy atom. The highest BCUT2D eigenvalue weighted by atomic mass is 14.8. The van der Waals surface area contributed by atoms with Crippen molar-refractivity contribution in [3.8, 4) is 0 Å². The zero-order valence-corrected chi connectivity index (χ0v) is 11.1. The standard InChI is InChI=1S/C14H25N/c1-7-11-13(9(3)4)12(8-2)15-14(11)10(5)6/h9-11H,7-8H2,1-6H3. The van der Waals surface area contributed by atoms with Gasteiger partial charge >= 0.3 is 0 Å². The fourth-order valence-corrected chi connectivity index (χ4v) is 2.64. The van der Waals surface area contributed by atoms with E-state index in [0.717, 1.165) is 6.42 Å². The number of rotatable bonds is 4. The van der Waals surface area contributed by atoms with Gasteiger partial charge in [0.05, 0.1) is 0 Å². The third kappa shape index (κ3) is 2.32. The van der Waals surface area contributed by atoms with Crippen LogP contribution in [0.4, 0.5) is 0 Å². The molecule has 0 spiro atoms. The molecule has 1 atom stereocenters. The Morgan fingerprint density at radius 1 is 1.07 bits per heavy atom. The van der Waals surface area contributed by atoms with Gasteiger partial charge in [-0.05, 0) is 30.3 Å². The predicted octanol–water partition coefficient (Wildman–Crippen LogP) is 4.44. The van der Waals surface area contributed by atoms with Crippen molar-refractivity contribution < 1.29 is 0 Å². The molecule has 0 aromatic carbocycles. The first kappa shape index (κ1) is 12.5. The summed E-state index contributed by atoms with van der Waals surface area (Å²) in [6.07, 6.45) is 2.29. The highest BCUT2D eigenvalue weighted by Crippen LogP contribution is 2.37. The van der Waals surface area contributed by atoms with Crippen molar-refractivity contribution in [1.82, 2.24) is 0 Å². The Kier molecular flexibility index (Phi) is 4.12. The van der Waals surface area contributed by atoms with Crippen molar-refractivity contribution in [1.29, 1.82) is 0 Å². The van der Waals surface area contributed by atoms with Crippen LogP contribution < -0.4 is 0 Å². The van der Waals surface area contributed by atoms with Gasteiger partial charge in [0.25, 0.3) is 0 Å². The fraction of sp³-hybridized carbons (Fsp3) is 0.786. The summed E-state index contributed by atoms with van der Waals surface area (Å²) in [5, 5.41) is 0. The van der Waals surface area contributed by atoms with Crippen LogP contribution in [0.2, 0.25) is 0 Å². The molecule has 1 heteroatoms. The van der Waals surface area contributed by atoms with Crippen LogP contribution in [0.5, 0.6) is 0 Å². The third-order valence-electron chi connectivity index (χ3n) is 3.29. The second-order valence-electron chi connectivity index (χ2n) is 5.06. The number of hydrogen-bond acceptors (Lipinski definition) is 1. The van der Waals surface area contributed by atoms with Crippen molar-refractivity contribution in [3.05, 3.63) is 11.3 Å². The van der Waals surface area contributed by atoms with Gasteiger partial charge in [-0.2, -0.15) is 0 Å². The molecule has 1 nitrogen and oxygen atoms in total. The van der Waals surface area contributed by atoms with E-state index in [1.165, 1.54) is 17.8 Å². The summed E-state index contributed by atoms with van der Waals surface area (Å²) in [7, 11) is 0. The molecule has 0 bridgehead atoms. The van der Waals surface area contributed by atoms with Gasteiger partial charge in [-0.3, -0.25) is 4.99 Å². The summed E-state index contributed by atoms with van der Waals surface area (Å²) in [4.78, 5) is 4.86. The van der Waals surface area contributed by atoms with Crippen molar-refractivity contribution >= 4 is 5.71 Å². The quantitative estimate of drug-likeness (QED) is 0.646. The molecule has 86 valence electrons. The van der Waals surface area contributed by atoms with Crippen LogP contribution >= 0.6 is 0 Å². The molecule has 1 aliphatic rings. The van der Waals surface area contributed by atoms with Crippen molar-refractivity contribution in [2.24, 2.45) is 22.7 Å². The maximum Gasteiger partial charge on any atom is 0.0401 e. The van der Waals surface area contributed by atoms with E-state index < -0.39 is 0 Å². The Labute approximate surface area is 94.7 Å². The lowest BCUT2D eigenvalue weighted by atomic mass is 9.82. The smallest absolute Gasteiger partial charge is 0.0401 e. The lowest BCUT2D eigenvalue weighted by molar-refractivity contribution is 0.620. The number of allylic oxidation sites excluding steroid dienone is 2. The Balaban J connectivity index is 3.06. The summed E-state index contributed by atoms with van der Waals surface area (Å²) in [6.45, 7) is 13.6. The molecule has 1 heterocycles. The molecule has 15 heavy (non-hydrogen) atoms. The van der Waals surface area contributed by atoms with E-state index in [0.29, 0.717) is 17.8 Å². The zero-order chi connectivity index (χ0) is 11.6. The van der Waals surface area contributed by atoms with Gasteiger partial charge in [0.2, 0.25) is 0 Å². The Hall–Kier alpha value is -0.590. The van der Waals surface area contributed by atoms with E-state index in [9.17, 15) is 0 Å². The molecular weight excluding hydrogens is 182 g/mol. The highest BCUT2D eigenvalue weighted by Gasteiger charge is 2.30. The van der Waals surface area contributed by atoms with E-state index in [1.54, 1.807) is 5.57 Å². The molecule has 1 unspecified atom stereocenters. The summed E-state index contributed by atoms with van der Waals surface area (Å²) < 4.78 is 0. The maximum absolute atomic E-state index is 4.86. The molecule has 1 aliphatic heterocycles. The minimum atomic E-state index is 0.591. The molecule has 0 saturated heterocycles. The fourth-order valence-electron chi connectivity index (χ4n) is 2.64. The molecule has 0 radical (unpaired) electrons. The average molecular weight is 207 g/mol. The number of hydrogen-bond donors (Lipinski definition) is 0. The third-order valence-corrected chi connectivity index (χ3v) is 3.29. The average Bonchev–Trinajstić information content (AvgIpc) is 2.55. The minimum absolute atomic E-state index is 0.591. The van der Waals surface area contributed by atoms with Gasteiger partial charge in [0.15, 0.2) is 0 Å². The van der Waals surface area contributed by atoms with Crippen LogP contribution in [0.25, 0.3) is 0 Å². The van der Waals surface area contributed by atoms with E-state index in [1.807, 2.05) is 0 Å². The first-order chi connectivity index (χ1) is 7.02. The summed E-state index contributed by atoms with van der Waals surface area (Å²) >= 11 is 0. The van der Waals surface area contributed by atoms with Crippen molar-refractivity contribution in [2.75, 3.05) is 0 Å². The number of aliphatic imine (C=N–C) groups is 1. The molecule has 0 saturated carbocycles. The SMILES string of the molecule is CCC1=C(C(C)C)C(CC)C(C(C)C)=N1. The molecule has 0 aromatic rings. The van der Waals surface area contributed by atoms with Crippen LogP contribution in [0.3, 0.4) is 0 Å². The molecule has 0 N–H and O–H groups in total. The van der Waals surface area contributed by atoms with E-state index in [-0.39, 0.29) is 0 Å². The van der Waals surface area contributed by atoms with Gasteiger partial charge in [-0.1, -0.05) is 41.5 Å². The van der Waals surface area contributed by atoms with Gasteiger partial charge in [-0.15, -0.1) is 0 Å². The Morgan fingerprint density at radius 2 is 1.67 bits per heavy atom. The Bertz CT molecular complexity index is 282. The first-order valence-corrected chi connectivity index (χ1v) is 6.34. The molecule has 1 rings (SSSR count). The molecule has 0 amide bonds. The van der Waals surface area contributed by atoms with Gasteiger partial charge in [0.1, 0.15) is 0 Å². The molecule has 0 aliphatic carbocycles. The van der Waals surface area contributed by atoms with Gasteiger partial charge < -0.3 is 0 Å². The molecule has 0 fully saturated rings. The molecular formula is C14H25N. The highest BCUT2D eigenvalue weighted by molar-refractivity contribution is 5.94. The minimum Gasteiger partial charge on any atom is -0.261 e. The lowest BCUT2D eigenvalue weighted by Crippen LogP contribution is -2.20. The van der Waals surface area contributed by atoms with Crippen molar-refractivity contribution in [3.63, 3.8) is 0 Å². The van der Waals surface area contributed by atoms with E-state index in [4.69, 9.17) is 4.99 Å². The van der Waals surface area contributed by atoms with Crippen LogP contribution in [0, 0.1) is 17.8 Å². The summed E-state index contributed by atoms with van der Waals surface area (Å²) in [5.74, 6) is 1.86. The van der Waals surface area contributed by atoms with Gasteiger partial charge in [0, 0.05) is 17.3 Å². The van der Waals surface area contributed by atoms with Crippen LogP contribution in [0.15, 0.2) is 16.3 Å². The normalized spacial score (nSPS) is 21.9. The van der Waals surface area contributed by atoms with Crippen LogP contribution in [-0.2, 0) is 0 Å². The summed E-state index contributed by atoms with van der Waals surface area (Å²) in [5.41, 5.74) is 4.38. The van der Waals surface area contributed by atoms with Gasteiger partial charge in [-0.25, -0.2) is 0 Å². The second kappa shape index (κ2) is 4.96. The van der Waals surface area contributed by atoms with Crippen LogP contribution in [-0.4, -0.2) is 5.71 Å². The predicted molar refractivity (Wildman–Crippen MR) is 68.2 cm³/mol. The maximum atomic E-state index is 4.86.